The van der Waals surface area contributed by atoms with E-state index in [2.05, 4.69) is 22.9 Å². The Balaban J connectivity index is 1.46. The van der Waals surface area contributed by atoms with Gasteiger partial charge in [-0.25, -0.2) is 15.1 Å². The number of carboxylic acids is 1. The minimum Gasteiger partial charge on any atom is -0.479 e. The normalized spacial score (nSPS) is 13.9. The van der Waals surface area contributed by atoms with Gasteiger partial charge in [0.05, 0.1) is 19.1 Å². The average Bonchev–Trinajstić information content (AvgIpc) is 3.16. The molecule has 0 saturated heterocycles. The van der Waals surface area contributed by atoms with Crippen molar-refractivity contribution in [2.24, 2.45) is 0 Å². The number of aliphatic carboxylic acids is 1. The van der Waals surface area contributed by atoms with Gasteiger partial charge in [0, 0.05) is 26.7 Å². The summed E-state index contributed by atoms with van der Waals surface area (Å²) in [5.74, 6) is -1.94. The highest BCUT2D eigenvalue weighted by atomic mass is 16.7. The van der Waals surface area contributed by atoms with Gasteiger partial charge >= 0.3 is 12.1 Å². The second-order valence-corrected chi connectivity index (χ2v) is 7.69. The molecule has 1 aliphatic carbocycles. The zero-order chi connectivity index (χ0) is 24.5. The fraction of sp³-hybridized carbons (Fsp3) is 0.375. The lowest BCUT2D eigenvalue weighted by molar-refractivity contribution is -0.165. The molecule has 2 atom stereocenters. The highest BCUT2D eigenvalue weighted by molar-refractivity contribution is 5.79. The van der Waals surface area contributed by atoms with Gasteiger partial charge in [-0.3, -0.25) is 9.63 Å². The molecule has 0 saturated carbocycles. The van der Waals surface area contributed by atoms with Crippen LogP contribution in [0, 0.1) is 0 Å². The van der Waals surface area contributed by atoms with E-state index >= 15 is 0 Å². The molecule has 0 aliphatic heterocycles. The number of hydrogen-bond donors (Lipinski definition) is 3. The Bertz CT molecular complexity index is 966. The van der Waals surface area contributed by atoms with Gasteiger partial charge in [0.1, 0.15) is 6.61 Å². The van der Waals surface area contributed by atoms with E-state index in [4.69, 9.17) is 24.2 Å². The molecule has 3 N–H and O–H groups in total. The number of methoxy groups -OCH3 is 2. The summed E-state index contributed by atoms with van der Waals surface area (Å²) in [6.45, 7) is -0.0460. The van der Waals surface area contributed by atoms with E-state index in [1.165, 1.54) is 14.2 Å². The van der Waals surface area contributed by atoms with Crippen LogP contribution in [0.2, 0.25) is 0 Å². The fourth-order valence-corrected chi connectivity index (χ4v) is 3.78. The molecule has 2 aromatic rings. The number of hydrogen-bond acceptors (Lipinski definition) is 7. The van der Waals surface area contributed by atoms with Gasteiger partial charge < -0.3 is 24.6 Å². The van der Waals surface area contributed by atoms with Crippen LogP contribution in [-0.2, 0) is 28.6 Å². The third-order valence-corrected chi connectivity index (χ3v) is 5.47. The predicted octanol–water partition coefficient (Wildman–Crippen LogP) is 2.08. The highest BCUT2D eigenvalue weighted by Gasteiger charge is 2.29. The maximum Gasteiger partial charge on any atom is 0.407 e. The molecule has 1 aliphatic rings. The Morgan fingerprint density at radius 3 is 2.18 bits per heavy atom. The SMILES string of the molecule is COCC(ONC(=O)CC(CNC(=O)OCC1c2ccccc2-c2ccccc21)OC)C(=O)O. The number of carbonyl (C=O) groups excluding carboxylic acids is 2. The van der Waals surface area contributed by atoms with E-state index < -0.39 is 30.2 Å². The van der Waals surface area contributed by atoms with E-state index in [1.807, 2.05) is 36.4 Å². The zero-order valence-corrected chi connectivity index (χ0v) is 19.0. The molecule has 10 heteroatoms. The Morgan fingerprint density at radius 2 is 1.62 bits per heavy atom. The number of benzene rings is 2. The highest BCUT2D eigenvalue weighted by Crippen LogP contribution is 2.44. The average molecular weight is 472 g/mol. The van der Waals surface area contributed by atoms with Gasteiger partial charge in [0.25, 0.3) is 0 Å². The molecule has 0 radical (unpaired) electrons. The van der Waals surface area contributed by atoms with E-state index in [0.717, 1.165) is 22.3 Å². The van der Waals surface area contributed by atoms with Crippen LogP contribution < -0.4 is 10.8 Å². The van der Waals surface area contributed by atoms with Crippen LogP contribution in [0.4, 0.5) is 4.79 Å². The molecule has 0 bridgehead atoms. The van der Waals surface area contributed by atoms with Crippen molar-refractivity contribution in [2.75, 3.05) is 34.0 Å². The molecule has 3 rings (SSSR count). The molecular weight excluding hydrogens is 444 g/mol. The van der Waals surface area contributed by atoms with Gasteiger partial charge in [-0.05, 0) is 22.3 Å². The molecule has 0 aromatic heterocycles. The fourth-order valence-electron chi connectivity index (χ4n) is 3.78. The lowest BCUT2D eigenvalue weighted by Gasteiger charge is -2.18. The van der Waals surface area contributed by atoms with Crippen LogP contribution in [0.25, 0.3) is 11.1 Å². The van der Waals surface area contributed by atoms with Crippen molar-refractivity contribution in [2.45, 2.75) is 24.5 Å². The van der Waals surface area contributed by atoms with Crippen LogP contribution in [0.1, 0.15) is 23.5 Å². The van der Waals surface area contributed by atoms with Crippen molar-refractivity contribution in [3.8, 4) is 11.1 Å². The summed E-state index contributed by atoms with van der Waals surface area (Å²) < 4.78 is 15.4. The Kier molecular flexibility index (Phi) is 8.97. The van der Waals surface area contributed by atoms with Crippen molar-refractivity contribution >= 4 is 18.0 Å². The number of rotatable bonds is 12. The van der Waals surface area contributed by atoms with Crippen molar-refractivity contribution in [1.82, 2.24) is 10.8 Å². The molecule has 0 heterocycles. The lowest BCUT2D eigenvalue weighted by atomic mass is 9.98. The summed E-state index contributed by atoms with van der Waals surface area (Å²) in [4.78, 5) is 40.2. The largest absolute Gasteiger partial charge is 0.479 e. The third kappa shape index (κ3) is 6.31. The van der Waals surface area contributed by atoms with Gasteiger partial charge in [0.15, 0.2) is 0 Å². The maximum atomic E-state index is 12.3. The van der Waals surface area contributed by atoms with Crippen LogP contribution in [0.3, 0.4) is 0 Å². The summed E-state index contributed by atoms with van der Waals surface area (Å²) in [5, 5.41) is 11.6. The van der Waals surface area contributed by atoms with Crippen LogP contribution in [0.5, 0.6) is 0 Å². The number of hydroxylamine groups is 1. The molecule has 2 aromatic carbocycles. The zero-order valence-electron chi connectivity index (χ0n) is 19.0. The summed E-state index contributed by atoms with van der Waals surface area (Å²) in [6.07, 6.45) is -2.81. The van der Waals surface area contributed by atoms with Gasteiger partial charge in [0.2, 0.25) is 12.0 Å². The van der Waals surface area contributed by atoms with Crippen LogP contribution in [0.15, 0.2) is 48.5 Å². The number of amides is 2. The summed E-state index contributed by atoms with van der Waals surface area (Å²) in [7, 11) is 2.71. The maximum absolute atomic E-state index is 12.3. The molecule has 0 fully saturated rings. The van der Waals surface area contributed by atoms with Crippen LogP contribution >= 0.6 is 0 Å². The monoisotopic (exact) mass is 472 g/mol. The van der Waals surface area contributed by atoms with Crippen LogP contribution in [-0.4, -0.2) is 69.3 Å². The lowest BCUT2D eigenvalue weighted by Crippen LogP contribution is -2.40. The summed E-state index contributed by atoms with van der Waals surface area (Å²) in [6, 6.07) is 16.1. The number of fused-ring (bicyclic) bond motifs is 3. The van der Waals surface area contributed by atoms with E-state index in [-0.39, 0.29) is 32.1 Å². The van der Waals surface area contributed by atoms with E-state index in [1.54, 1.807) is 0 Å². The molecule has 10 nitrogen and oxygen atoms in total. The van der Waals surface area contributed by atoms with Gasteiger partial charge in [-0.15, -0.1) is 0 Å². The van der Waals surface area contributed by atoms with Crippen molar-refractivity contribution < 1.29 is 38.5 Å². The Morgan fingerprint density at radius 1 is 1.00 bits per heavy atom. The van der Waals surface area contributed by atoms with E-state index in [0.29, 0.717) is 0 Å². The standard InChI is InChI=1S/C24H28N2O8/c1-31-14-21(23(28)29)34-26-22(27)11-15(32-2)12-25-24(30)33-13-20-18-9-5-3-7-16(18)17-8-4-6-10-19(17)20/h3-10,15,20-21H,11-14H2,1-2H3,(H,25,30)(H,26,27)(H,28,29). The minimum absolute atomic E-state index is 0.0149. The number of nitrogens with one attached hydrogen (secondary N) is 2. The number of ether oxygens (including phenoxy) is 3. The molecule has 2 amide bonds. The first kappa shape index (κ1) is 25.2. The predicted molar refractivity (Wildman–Crippen MR) is 121 cm³/mol. The third-order valence-electron chi connectivity index (χ3n) is 5.47. The Hall–Kier alpha value is -3.47. The molecule has 0 spiro atoms. The van der Waals surface area contributed by atoms with Gasteiger partial charge in [-0.2, -0.15) is 0 Å². The van der Waals surface area contributed by atoms with Gasteiger partial charge in [-0.1, -0.05) is 48.5 Å². The van der Waals surface area contributed by atoms with Crippen molar-refractivity contribution in [1.29, 1.82) is 0 Å². The number of carboxylic acid groups (broad SMARTS) is 1. The smallest absolute Gasteiger partial charge is 0.407 e. The summed E-state index contributed by atoms with van der Waals surface area (Å²) >= 11 is 0. The second kappa shape index (κ2) is 12.1. The summed E-state index contributed by atoms with van der Waals surface area (Å²) in [5.41, 5.74) is 6.54. The Labute approximate surface area is 197 Å². The molecule has 182 valence electrons. The molecular formula is C24H28N2O8. The first-order valence-corrected chi connectivity index (χ1v) is 10.7. The number of carbonyl (C=O) groups is 3. The number of alkyl carbamates (subject to hydrolysis) is 1. The van der Waals surface area contributed by atoms with E-state index in [9.17, 15) is 14.4 Å². The topological polar surface area (TPSA) is 132 Å². The first-order chi connectivity index (χ1) is 16.4. The molecule has 2 unspecified atom stereocenters. The molecule has 34 heavy (non-hydrogen) atoms. The van der Waals surface area contributed by atoms with Crippen molar-refractivity contribution in [3.63, 3.8) is 0 Å². The minimum atomic E-state index is -1.34. The second-order valence-electron chi connectivity index (χ2n) is 7.69. The van der Waals surface area contributed by atoms with Crippen molar-refractivity contribution in [3.05, 3.63) is 59.7 Å². The first-order valence-electron chi connectivity index (χ1n) is 10.7. The quantitative estimate of drug-likeness (QED) is 0.400.